The zero-order chi connectivity index (χ0) is 16.9. The fourth-order valence-corrected chi connectivity index (χ4v) is 2.30. The first kappa shape index (κ1) is 19.4. The standard InChI is InChI=1S/C7H13FO3.C7H11FO3/c2*1-3-4-5(8)6(9)7(10-2)11-4/h4-7,9H,3H2,1-2H3;4-5,7H,3H2,1-2H3/t4-,5-,6-,7-;4-,5-,7-/m11/s1. The summed E-state index contributed by atoms with van der Waals surface area (Å²) in [5.41, 5.74) is 0. The smallest absolute Gasteiger partial charge is 0.225 e. The van der Waals surface area contributed by atoms with Crippen molar-refractivity contribution in [2.45, 2.75) is 69.9 Å². The van der Waals surface area contributed by atoms with E-state index in [-0.39, 0.29) is 0 Å². The summed E-state index contributed by atoms with van der Waals surface area (Å²) >= 11 is 0. The molecule has 1 N–H and O–H groups in total. The minimum absolute atomic E-state index is 0.493. The molecule has 0 radical (unpaired) electrons. The molecule has 2 heterocycles. The SMILES string of the molecule is CC[C@H]1O[C@@H](OC)C(=O)[C@@H]1F.CC[C@H]1O[C@@H](OC)[C@H](O)[C@@H]1F. The van der Waals surface area contributed by atoms with E-state index in [0.717, 1.165) is 0 Å². The highest BCUT2D eigenvalue weighted by atomic mass is 19.1. The van der Waals surface area contributed by atoms with Gasteiger partial charge in [0.1, 0.15) is 6.10 Å². The average Bonchev–Trinajstić information content (AvgIpc) is 2.98. The van der Waals surface area contributed by atoms with E-state index in [1.807, 2.05) is 6.92 Å². The minimum Gasteiger partial charge on any atom is -0.385 e. The van der Waals surface area contributed by atoms with Crippen LogP contribution in [0.1, 0.15) is 26.7 Å². The maximum absolute atomic E-state index is 13.0. The van der Waals surface area contributed by atoms with Gasteiger partial charge in [0.2, 0.25) is 12.1 Å². The van der Waals surface area contributed by atoms with Gasteiger partial charge in [-0.05, 0) is 12.8 Å². The fraction of sp³-hybridized carbons (Fsp3) is 0.929. The fourth-order valence-electron chi connectivity index (χ4n) is 2.30. The number of Topliss-reactive ketones (excluding diaryl/α,β-unsaturated/α-hetero) is 1. The molecule has 0 aromatic carbocycles. The summed E-state index contributed by atoms with van der Waals surface area (Å²) in [6.07, 6.45) is -5.84. The summed E-state index contributed by atoms with van der Waals surface area (Å²) in [6, 6.07) is 0. The van der Waals surface area contributed by atoms with Crippen LogP contribution in [0, 0.1) is 0 Å². The lowest BCUT2D eigenvalue weighted by atomic mass is 10.1. The molecule has 0 bridgehead atoms. The van der Waals surface area contributed by atoms with Gasteiger partial charge in [-0.2, -0.15) is 0 Å². The van der Waals surface area contributed by atoms with E-state index in [2.05, 4.69) is 4.74 Å². The number of ether oxygens (including phenoxy) is 4. The van der Waals surface area contributed by atoms with E-state index < -0.39 is 49.0 Å². The second-order valence-corrected chi connectivity index (χ2v) is 5.08. The minimum atomic E-state index is -1.51. The summed E-state index contributed by atoms with van der Waals surface area (Å²) in [5, 5.41) is 9.13. The van der Waals surface area contributed by atoms with Crippen LogP contribution in [0.3, 0.4) is 0 Å². The van der Waals surface area contributed by atoms with Crippen LogP contribution < -0.4 is 0 Å². The summed E-state index contributed by atoms with van der Waals surface area (Å²) in [5.74, 6) is -0.598. The molecular weight excluding hydrogens is 302 g/mol. The topological polar surface area (TPSA) is 74.2 Å². The van der Waals surface area contributed by atoms with E-state index >= 15 is 0 Å². The van der Waals surface area contributed by atoms with E-state index in [9.17, 15) is 13.6 Å². The highest BCUT2D eigenvalue weighted by molar-refractivity contribution is 5.88. The van der Waals surface area contributed by atoms with Gasteiger partial charge < -0.3 is 24.1 Å². The number of carbonyl (C=O) groups is 1. The quantitative estimate of drug-likeness (QED) is 0.835. The Morgan fingerprint density at radius 3 is 1.95 bits per heavy atom. The Balaban J connectivity index is 0.000000220. The first-order valence-electron chi connectivity index (χ1n) is 7.27. The van der Waals surface area contributed by atoms with Crippen molar-refractivity contribution in [1.82, 2.24) is 0 Å². The monoisotopic (exact) mass is 326 g/mol. The van der Waals surface area contributed by atoms with Gasteiger partial charge in [-0.25, -0.2) is 8.78 Å². The number of alkyl halides is 2. The number of methoxy groups -OCH3 is 2. The largest absolute Gasteiger partial charge is 0.385 e. The lowest BCUT2D eigenvalue weighted by molar-refractivity contribution is -0.150. The predicted molar refractivity (Wildman–Crippen MR) is 72.7 cm³/mol. The number of hydrogen-bond acceptors (Lipinski definition) is 6. The zero-order valence-corrected chi connectivity index (χ0v) is 13.2. The highest BCUT2D eigenvalue weighted by Crippen LogP contribution is 2.26. The molecule has 22 heavy (non-hydrogen) atoms. The first-order valence-corrected chi connectivity index (χ1v) is 7.27. The number of carbonyl (C=O) groups excluding carboxylic acids is 1. The van der Waals surface area contributed by atoms with Crippen LogP contribution in [0.4, 0.5) is 8.78 Å². The molecule has 0 amide bonds. The van der Waals surface area contributed by atoms with Gasteiger partial charge in [-0.1, -0.05) is 13.8 Å². The van der Waals surface area contributed by atoms with Crippen LogP contribution >= 0.6 is 0 Å². The number of ketones is 1. The zero-order valence-electron chi connectivity index (χ0n) is 13.2. The van der Waals surface area contributed by atoms with Crippen LogP contribution in [0.2, 0.25) is 0 Å². The molecule has 130 valence electrons. The van der Waals surface area contributed by atoms with E-state index in [4.69, 9.17) is 19.3 Å². The molecule has 8 heteroatoms. The van der Waals surface area contributed by atoms with Crippen molar-refractivity contribution >= 4 is 5.78 Å². The van der Waals surface area contributed by atoms with Gasteiger partial charge >= 0.3 is 0 Å². The Morgan fingerprint density at radius 1 is 1.09 bits per heavy atom. The van der Waals surface area contributed by atoms with Gasteiger partial charge in [-0.3, -0.25) is 4.79 Å². The predicted octanol–water partition coefficient (Wildman–Crippen LogP) is 1.14. The molecule has 2 fully saturated rings. The lowest BCUT2D eigenvalue weighted by Crippen LogP contribution is -2.29. The molecule has 0 unspecified atom stereocenters. The van der Waals surface area contributed by atoms with Crippen LogP contribution in [0.15, 0.2) is 0 Å². The van der Waals surface area contributed by atoms with Gasteiger partial charge in [-0.15, -0.1) is 0 Å². The maximum atomic E-state index is 13.0. The number of aliphatic hydroxyl groups is 1. The Hall–Kier alpha value is -0.670. The molecule has 0 spiro atoms. The molecule has 2 aliphatic rings. The molecule has 2 aliphatic heterocycles. The Morgan fingerprint density at radius 2 is 1.68 bits per heavy atom. The number of hydrogen-bond donors (Lipinski definition) is 1. The van der Waals surface area contributed by atoms with Crippen molar-refractivity contribution in [3.63, 3.8) is 0 Å². The van der Waals surface area contributed by atoms with Gasteiger partial charge in [0, 0.05) is 14.2 Å². The van der Waals surface area contributed by atoms with Crippen molar-refractivity contribution in [1.29, 1.82) is 0 Å². The Kier molecular flexibility index (Phi) is 7.78. The van der Waals surface area contributed by atoms with Crippen molar-refractivity contribution < 1.29 is 37.6 Å². The van der Waals surface area contributed by atoms with Crippen LogP contribution in [-0.4, -0.2) is 68.3 Å². The second-order valence-electron chi connectivity index (χ2n) is 5.08. The first-order chi connectivity index (χ1) is 10.4. The summed E-state index contributed by atoms with van der Waals surface area (Å²) in [6.45, 7) is 3.57. The lowest BCUT2D eigenvalue weighted by Gasteiger charge is -2.10. The number of halogens is 2. The van der Waals surface area contributed by atoms with Gasteiger partial charge in [0.15, 0.2) is 18.6 Å². The van der Waals surface area contributed by atoms with Crippen molar-refractivity contribution in [2.75, 3.05) is 14.2 Å². The number of rotatable bonds is 4. The molecule has 0 aromatic rings. The molecule has 0 aromatic heterocycles. The maximum Gasteiger partial charge on any atom is 0.225 e. The van der Waals surface area contributed by atoms with Gasteiger partial charge in [0.05, 0.1) is 12.2 Å². The third kappa shape index (κ3) is 4.20. The van der Waals surface area contributed by atoms with E-state index in [1.54, 1.807) is 6.92 Å². The van der Waals surface area contributed by atoms with E-state index in [0.29, 0.717) is 12.8 Å². The van der Waals surface area contributed by atoms with Crippen molar-refractivity contribution in [2.24, 2.45) is 0 Å². The molecule has 6 nitrogen and oxygen atoms in total. The van der Waals surface area contributed by atoms with Crippen molar-refractivity contribution in [3.05, 3.63) is 0 Å². The molecular formula is C14H24F2O6. The van der Waals surface area contributed by atoms with Crippen LogP contribution in [0.25, 0.3) is 0 Å². The Bertz CT molecular complexity index is 334. The van der Waals surface area contributed by atoms with Crippen LogP contribution in [0.5, 0.6) is 0 Å². The molecule has 2 saturated heterocycles. The summed E-state index contributed by atoms with van der Waals surface area (Å²) in [7, 11) is 2.71. The average molecular weight is 326 g/mol. The molecule has 2 rings (SSSR count). The normalized spacial score (nSPS) is 41.4. The summed E-state index contributed by atoms with van der Waals surface area (Å²) in [4.78, 5) is 10.9. The Labute approximate surface area is 128 Å². The van der Waals surface area contributed by atoms with Crippen molar-refractivity contribution in [3.8, 4) is 0 Å². The molecule has 7 atom stereocenters. The summed E-state index contributed by atoms with van der Waals surface area (Å²) < 4.78 is 45.1. The molecule has 0 aliphatic carbocycles. The van der Waals surface area contributed by atoms with Gasteiger partial charge in [0.25, 0.3) is 0 Å². The van der Waals surface area contributed by atoms with Crippen LogP contribution in [-0.2, 0) is 23.7 Å². The van der Waals surface area contributed by atoms with E-state index in [1.165, 1.54) is 14.2 Å². The molecule has 0 saturated carbocycles. The highest BCUT2D eigenvalue weighted by Gasteiger charge is 2.43. The third-order valence-corrected chi connectivity index (χ3v) is 3.65. The second kappa shape index (κ2) is 8.83. The third-order valence-electron chi connectivity index (χ3n) is 3.65. The number of aliphatic hydroxyl groups excluding tert-OH is 1.